The van der Waals surface area contributed by atoms with Gasteiger partial charge in [-0.15, -0.1) is 13.2 Å². The third kappa shape index (κ3) is 7.06. The third-order valence-electron chi connectivity index (χ3n) is 4.67. The minimum absolute atomic E-state index is 0.0294. The number of anilines is 2. The number of halogens is 3. The first-order chi connectivity index (χ1) is 15.6. The van der Waals surface area contributed by atoms with Gasteiger partial charge in [0, 0.05) is 36.3 Å². The molecule has 0 saturated carbocycles. The summed E-state index contributed by atoms with van der Waals surface area (Å²) in [5, 5.41) is 17.2. The Morgan fingerprint density at radius 2 is 1.88 bits per heavy atom. The minimum Gasteiger partial charge on any atom is -0.406 e. The third-order valence-corrected chi connectivity index (χ3v) is 4.67. The summed E-state index contributed by atoms with van der Waals surface area (Å²) in [5.74, 6) is 0.339. The molecule has 8 nitrogen and oxygen atoms in total. The van der Waals surface area contributed by atoms with Crippen molar-refractivity contribution in [3.8, 4) is 17.0 Å². The lowest BCUT2D eigenvalue weighted by atomic mass is 10.1. The quantitative estimate of drug-likeness (QED) is 0.308. The summed E-state index contributed by atoms with van der Waals surface area (Å²) in [6, 6.07) is 13.3. The summed E-state index contributed by atoms with van der Waals surface area (Å²) in [7, 11) is 0. The van der Waals surface area contributed by atoms with E-state index in [1.54, 1.807) is 24.3 Å². The molecule has 0 aliphatic carbocycles. The highest BCUT2D eigenvalue weighted by Crippen LogP contribution is 2.29. The number of nitro benzene ring substituents is 1. The van der Waals surface area contributed by atoms with Crippen molar-refractivity contribution in [3.05, 3.63) is 70.3 Å². The molecule has 0 aliphatic heterocycles. The second-order valence-corrected chi connectivity index (χ2v) is 7.27. The Morgan fingerprint density at radius 3 is 2.58 bits per heavy atom. The summed E-state index contributed by atoms with van der Waals surface area (Å²) in [6.07, 6.45) is -4.00. The van der Waals surface area contributed by atoms with Crippen LogP contribution in [0.5, 0.6) is 5.75 Å². The molecular formula is C22H22F3N5O3. The first-order valence-corrected chi connectivity index (χ1v) is 10.1. The second kappa shape index (κ2) is 10.2. The van der Waals surface area contributed by atoms with Gasteiger partial charge in [-0.05, 0) is 31.0 Å². The van der Waals surface area contributed by atoms with Crippen LogP contribution in [-0.4, -0.2) is 27.3 Å². The molecule has 0 bridgehead atoms. The number of benzene rings is 2. The number of non-ortho nitro benzene ring substituents is 1. The summed E-state index contributed by atoms with van der Waals surface area (Å²) in [4.78, 5) is 19.4. The lowest BCUT2D eigenvalue weighted by Gasteiger charge is -2.15. The van der Waals surface area contributed by atoms with E-state index in [0.29, 0.717) is 28.6 Å². The maximum atomic E-state index is 12.6. The van der Waals surface area contributed by atoms with E-state index in [-0.39, 0.29) is 24.0 Å². The number of hydrogen-bond donors (Lipinski definition) is 2. The number of hydrogen-bond acceptors (Lipinski definition) is 7. The second-order valence-electron chi connectivity index (χ2n) is 7.27. The van der Waals surface area contributed by atoms with Crippen LogP contribution >= 0.6 is 0 Å². The van der Waals surface area contributed by atoms with E-state index in [1.165, 1.54) is 30.3 Å². The lowest BCUT2D eigenvalue weighted by Crippen LogP contribution is -2.17. The summed E-state index contributed by atoms with van der Waals surface area (Å²) < 4.78 is 41.9. The molecule has 0 saturated heterocycles. The molecule has 33 heavy (non-hydrogen) atoms. The number of nitrogens with one attached hydrogen (secondary N) is 2. The molecule has 174 valence electrons. The van der Waals surface area contributed by atoms with Gasteiger partial charge in [-0.1, -0.05) is 31.2 Å². The highest BCUT2D eigenvalue weighted by molar-refractivity contribution is 5.66. The molecule has 1 heterocycles. The van der Waals surface area contributed by atoms with E-state index in [1.807, 2.05) is 13.8 Å². The fraction of sp³-hybridized carbons (Fsp3) is 0.273. The van der Waals surface area contributed by atoms with Gasteiger partial charge in [0.1, 0.15) is 11.6 Å². The van der Waals surface area contributed by atoms with E-state index in [2.05, 4.69) is 25.3 Å². The van der Waals surface area contributed by atoms with Gasteiger partial charge in [-0.25, -0.2) is 4.98 Å². The molecule has 0 unspecified atom stereocenters. The van der Waals surface area contributed by atoms with E-state index < -0.39 is 11.3 Å². The summed E-state index contributed by atoms with van der Waals surface area (Å²) >= 11 is 0. The molecule has 1 atom stereocenters. The fourth-order valence-corrected chi connectivity index (χ4v) is 2.90. The van der Waals surface area contributed by atoms with Gasteiger partial charge in [0.15, 0.2) is 0 Å². The van der Waals surface area contributed by atoms with Gasteiger partial charge in [-0.2, -0.15) is 4.98 Å². The number of alkyl halides is 3. The largest absolute Gasteiger partial charge is 0.573 e. The van der Waals surface area contributed by atoms with Gasteiger partial charge in [-0.3, -0.25) is 10.1 Å². The standard InChI is InChI=1S/C22H22F3N5O3/c1-3-14(2)27-21-28-19(16-7-5-9-18(11-16)33-22(23,24)25)12-20(29-21)26-13-15-6-4-8-17(10-15)30(31)32/h4-12,14H,3,13H2,1-2H3,(H2,26,27,28,29)/t14-/m1/s1. The topological polar surface area (TPSA) is 102 Å². The first-order valence-electron chi connectivity index (χ1n) is 10.1. The SMILES string of the molecule is CC[C@@H](C)Nc1nc(NCc2cccc([N+](=O)[O-])c2)cc(-c2cccc(OC(F)(F)F)c2)n1. The van der Waals surface area contributed by atoms with Gasteiger partial charge in [0.25, 0.3) is 5.69 Å². The maximum absolute atomic E-state index is 12.6. The Morgan fingerprint density at radius 1 is 1.12 bits per heavy atom. The highest BCUT2D eigenvalue weighted by atomic mass is 19.4. The van der Waals surface area contributed by atoms with Crippen LogP contribution in [0.4, 0.5) is 30.6 Å². The van der Waals surface area contributed by atoms with E-state index in [4.69, 9.17) is 0 Å². The molecular weight excluding hydrogens is 439 g/mol. The predicted octanol–water partition coefficient (Wildman–Crippen LogP) is 5.77. The number of ether oxygens (including phenoxy) is 1. The predicted molar refractivity (Wildman–Crippen MR) is 118 cm³/mol. The first kappa shape index (κ1) is 23.8. The molecule has 3 aromatic rings. The van der Waals surface area contributed by atoms with Crippen molar-refractivity contribution < 1.29 is 22.8 Å². The maximum Gasteiger partial charge on any atom is 0.573 e. The summed E-state index contributed by atoms with van der Waals surface area (Å²) in [5.41, 5.74) is 1.43. The van der Waals surface area contributed by atoms with Crippen molar-refractivity contribution >= 4 is 17.5 Å². The highest BCUT2D eigenvalue weighted by Gasteiger charge is 2.31. The van der Waals surface area contributed by atoms with Gasteiger partial charge in [0.2, 0.25) is 5.95 Å². The number of nitrogens with zero attached hydrogens (tertiary/aromatic N) is 3. The van der Waals surface area contributed by atoms with Crippen molar-refractivity contribution in [2.24, 2.45) is 0 Å². The zero-order chi connectivity index (χ0) is 24.0. The zero-order valence-electron chi connectivity index (χ0n) is 17.9. The summed E-state index contributed by atoms with van der Waals surface area (Å²) in [6.45, 7) is 4.18. The van der Waals surface area contributed by atoms with E-state index >= 15 is 0 Å². The monoisotopic (exact) mass is 461 g/mol. The van der Waals surface area contributed by atoms with Crippen LogP contribution in [0.2, 0.25) is 0 Å². The Hall–Kier alpha value is -3.89. The van der Waals surface area contributed by atoms with Crippen molar-refractivity contribution in [2.45, 2.75) is 39.2 Å². The number of nitro groups is 1. The Labute approximate surface area is 188 Å². The number of rotatable bonds is 9. The van der Waals surface area contributed by atoms with Gasteiger partial charge < -0.3 is 15.4 Å². The van der Waals surface area contributed by atoms with Crippen LogP contribution in [0.1, 0.15) is 25.8 Å². The zero-order valence-corrected chi connectivity index (χ0v) is 17.9. The Balaban J connectivity index is 1.90. The Bertz CT molecular complexity index is 1120. The molecule has 1 aromatic heterocycles. The molecule has 0 radical (unpaired) electrons. The molecule has 0 aliphatic rings. The van der Waals surface area contributed by atoms with Crippen molar-refractivity contribution in [1.29, 1.82) is 0 Å². The molecule has 2 aromatic carbocycles. The van der Waals surface area contributed by atoms with Gasteiger partial charge in [0.05, 0.1) is 10.6 Å². The van der Waals surface area contributed by atoms with Crippen LogP contribution in [0.15, 0.2) is 54.6 Å². The van der Waals surface area contributed by atoms with Crippen LogP contribution in [0.3, 0.4) is 0 Å². The van der Waals surface area contributed by atoms with E-state index in [9.17, 15) is 23.3 Å². The number of aromatic nitrogens is 2. The van der Waals surface area contributed by atoms with Crippen LogP contribution in [-0.2, 0) is 6.54 Å². The molecule has 0 fully saturated rings. The van der Waals surface area contributed by atoms with Crippen LogP contribution < -0.4 is 15.4 Å². The van der Waals surface area contributed by atoms with Gasteiger partial charge >= 0.3 is 6.36 Å². The van der Waals surface area contributed by atoms with Crippen LogP contribution in [0, 0.1) is 10.1 Å². The lowest BCUT2D eigenvalue weighted by molar-refractivity contribution is -0.384. The molecule has 0 amide bonds. The molecule has 2 N–H and O–H groups in total. The molecule has 0 spiro atoms. The smallest absolute Gasteiger partial charge is 0.406 e. The van der Waals surface area contributed by atoms with Crippen LogP contribution in [0.25, 0.3) is 11.3 Å². The van der Waals surface area contributed by atoms with E-state index in [0.717, 1.165) is 6.42 Å². The molecule has 3 rings (SSSR count). The average molecular weight is 461 g/mol. The normalized spacial score (nSPS) is 12.2. The average Bonchev–Trinajstić information content (AvgIpc) is 2.76. The molecule has 11 heteroatoms. The van der Waals surface area contributed by atoms with Crippen molar-refractivity contribution in [3.63, 3.8) is 0 Å². The minimum atomic E-state index is -4.81. The fourth-order valence-electron chi connectivity index (χ4n) is 2.90. The van der Waals surface area contributed by atoms with Crippen molar-refractivity contribution in [1.82, 2.24) is 9.97 Å². The Kier molecular flexibility index (Phi) is 7.31. The van der Waals surface area contributed by atoms with Crippen molar-refractivity contribution in [2.75, 3.05) is 10.6 Å².